The van der Waals surface area contributed by atoms with E-state index in [0.717, 1.165) is 18.4 Å². The Hall–Kier alpha value is -2.33. The predicted octanol–water partition coefficient (Wildman–Crippen LogP) is 3.73. The van der Waals surface area contributed by atoms with Crippen LogP contribution in [0, 0.1) is 5.92 Å². The molecule has 0 radical (unpaired) electrons. The summed E-state index contributed by atoms with van der Waals surface area (Å²) in [5.74, 6) is 0.272. The van der Waals surface area contributed by atoms with Crippen LogP contribution in [0.25, 0.3) is 0 Å². The molecule has 5 heteroatoms. The zero-order chi connectivity index (χ0) is 17.6. The molecule has 1 unspecified atom stereocenters. The van der Waals surface area contributed by atoms with E-state index in [1.54, 1.807) is 12.1 Å². The summed E-state index contributed by atoms with van der Waals surface area (Å²) in [5.41, 5.74) is 1.67. The average Bonchev–Trinajstić information content (AvgIpc) is 3.46. The first kappa shape index (κ1) is 17.5. The van der Waals surface area contributed by atoms with Crippen molar-refractivity contribution in [2.75, 3.05) is 6.54 Å². The molecule has 2 N–H and O–H groups in total. The van der Waals surface area contributed by atoms with Gasteiger partial charge in [-0.2, -0.15) is 0 Å². The van der Waals surface area contributed by atoms with Crippen LogP contribution in [0.3, 0.4) is 0 Å². The van der Waals surface area contributed by atoms with Gasteiger partial charge in [0.2, 0.25) is 5.91 Å². The van der Waals surface area contributed by atoms with Gasteiger partial charge in [0.05, 0.1) is 6.04 Å². The van der Waals surface area contributed by atoms with Crippen molar-refractivity contribution in [3.05, 3.63) is 70.7 Å². The van der Waals surface area contributed by atoms with Gasteiger partial charge in [0.1, 0.15) is 0 Å². The van der Waals surface area contributed by atoms with Crippen molar-refractivity contribution in [2.45, 2.75) is 25.3 Å². The minimum Gasteiger partial charge on any atom is -0.352 e. The molecule has 1 saturated carbocycles. The zero-order valence-corrected chi connectivity index (χ0v) is 14.6. The van der Waals surface area contributed by atoms with Gasteiger partial charge >= 0.3 is 0 Å². The summed E-state index contributed by atoms with van der Waals surface area (Å²) >= 11 is 5.94. The normalized spacial score (nSPS) is 14.6. The molecule has 2 aromatic carbocycles. The molecule has 25 heavy (non-hydrogen) atoms. The van der Waals surface area contributed by atoms with Crippen molar-refractivity contribution in [1.29, 1.82) is 0 Å². The van der Waals surface area contributed by atoms with E-state index in [4.69, 9.17) is 11.6 Å². The minimum atomic E-state index is -0.162. The van der Waals surface area contributed by atoms with E-state index in [-0.39, 0.29) is 24.3 Å². The molecular weight excluding hydrogens is 336 g/mol. The summed E-state index contributed by atoms with van der Waals surface area (Å²) in [7, 11) is 0. The molecule has 2 aromatic rings. The third-order valence-electron chi connectivity index (χ3n) is 4.31. The monoisotopic (exact) mass is 356 g/mol. The van der Waals surface area contributed by atoms with E-state index in [2.05, 4.69) is 10.6 Å². The Balaban J connectivity index is 1.49. The Morgan fingerprint density at radius 2 is 1.72 bits per heavy atom. The van der Waals surface area contributed by atoms with Crippen molar-refractivity contribution in [2.24, 2.45) is 5.92 Å². The second-order valence-electron chi connectivity index (χ2n) is 6.31. The lowest BCUT2D eigenvalue weighted by molar-refractivity contribution is -0.121. The molecule has 0 bridgehead atoms. The Morgan fingerprint density at radius 3 is 2.36 bits per heavy atom. The molecule has 1 fully saturated rings. The summed E-state index contributed by atoms with van der Waals surface area (Å²) in [6.45, 7) is 0.317. The second kappa shape index (κ2) is 8.17. The maximum atomic E-state index is 12.3. The number of amides is 2. The van der Waals surface area contributed by atoms with Gasteiger partial charge in [-0.25, -0.2) is 0 Å². The first-order valence-corrected chi connectivity index (χ1v) is 8.89. The highest BCUT2D eigenvalue weighted by molar-refractivity contribution is 6.30. The van der Waals surface area contributed by atoms with Crippen molar-refractivity contribution >= 4 is 23.4 Å². The first-order valence-electron chi connectivity index (χ1n) is 8.51. The highest BCUT2D eigenvalue weighted by atomic mass is 35.5. The number of halogens is 1. The summed E-state index contributed by atoms with van der Waals surface area (Å²) in [4.78, 5) is 24.2. The van der Waals surface area contributed by atoms with Crippen molar-refractivity contribution in [1.82, 2.24) is 10.6 Å². The fourth-order valence-corrected chi connectivity index (χ4v) is 2.93. The van der Waals surface area contributed by atoms with Crippen molar-refractivity contribution in [3.8, 4) is 0 Å². The molecule has 1 aliphatic rings. The Kier molecular flexibility index (Phi) is 5.71. The van der Waals surface area contributed by atoms with Gasteiger partial charge < -0.3 is 10.6 Å². The van der Waals surface area contributed by atoms with Crippen LogP contribution >= 0.6 is 11.6 Å². The maximum Gasteiger partial charge on any atom is 0.251 e. The lowest BCUT2D eigenvalue weighted by atomic mass is 10.0. The molecular formula is C20H21ClN2O2. The quantitative estimate of drug-likeness (QED) is 0.794. The van der Waals surface area contributed by atoms with Gasteiger partial charge in [-0.1, -0.05) is 41.9 Å². The van der Waals surface area contributed by atoms with Gasteiger partial charge in [-0.3, -0.25) is 9.59 Å². The van der Waals surface area contributed by atoms with Crippen LogP contribution in [0.2, 0.25) is 5.02 Å². The number of carbonyl (C=O) groups excluding carboxylic acids is 2. The number of hydrogen-bond acceptors (Lipinski definition) is 2. The van der Waals surface area contributed by atoms with Gasteiger partial charge in [0, 0.05) is 23.6 Å². The molecule has 3 rings (SSSR count). The summed E-state index contributed by atoms with van der Waals surface area (Å²) < 4.78 is 0. The standard InChI is InChI=1S/C20H21ClN2O2/c21-17-10-8-15(9-11-17)19(14-6-7-14)23-18(24)12-13-22-20(25)16-4-2-1-3-5-16/h1-5,8-11,14,19H,6-7,12-13H2,(H,22,25)(H,23,24). The molecule has 4 nitrogen and oxygen atoms in total. The lowest BCUT2D eigenvalue weighted by Crippen LogP contribution is -2.33. The number of carbonyl (C=O) groups is 2. The van der Waals surface area contributed by atoms with Crippen LogP contribution in [0.4, 0.5) is 0 Å². The smallest absolute Gasteiger partial charge is 0.251 e. The first-order chi connectivity index (χ1) is 12.1. The second-order valence-corrected chi connectivity index (χ2v) is 6.74. The third-order valence-corrected chi connectivity index (χ3v) is 4.56. The maximum absolute atomic E-state index is 12.3. The fourth-order valence-electron chi connectivity index (χ4n) is 2.80. The molecule has 130 valence electrons. The lowest BCUT2D eigenvalue weighted by Gasteiger charge is -2.19. The highest BCUT2D eigenvalue weighted by Gasteiger charge is 2.33. The van der Waals surface area contributed by atoms with E-state index < -0.39 is 0 Å². The van der Waals surface area contributed by atoms with E-state index in [9.17, 15) is 9.59 Å². The van der Waals surface area contributed by atoms with E-state index in [1.807, 2.05) is 42.5 Å². The molecule has 0 heterocycles. The molecule has 0 aromatic heterocycles. The average molecular weight is 357 g/mol. The molecule has 0 saturated heterocycles. The highest BCUT2D eigenvalue weighted by Crippen LogP contribution is 2.41. The fraction of sp³-hybridized carbons (Fsp3) is 0.300. The van der Waals surface area contributed by atoms with Crippen LogP contribution in [-0.2, 0) is 4.79 Å². The van der Waals surface area contributed by atoms with Crippen LogP contribution in [0.15, 0.2) is 54.6 Å². The van der Waals surface area contributed by atoms with E-state index in [1.165, 1.54) is 0 Å². The van der Waals surface area contributed by atoms with E-state index in [0.29, 0.717) is 23.0 Å². The number of nitrogens with one attached hydrogen (secondary N) is 2. The molecule has 1 aliphatic carbocycles. The van der Waals surface area contributed by atoms with Gasteiger partial charge in [-0.05, 0) is 48.6 Å². The van der Waals surface area contributed by atoms with E-state index >= 15 is 0 Å². The van der Waals surface area contributed by atoms with Gasteiger partial charge in [0.15, 0.2) is 0 Å². The molecule has 0 aliphatic heterocycles. The zero-order valence-electron chi connectivity index (χ0n) is 13.9. The van der Waals surface area contributed by atoms with Crippen LogP contribution in [-0.4, -0.2) is 18.4 Å². The summed E-state index contributed by atoms with van der Waals surface area (Å²) in [5, 5.41) is 6.56. The topological polar surface area (TPSA) is 58.2 Å². The van der Waals surface area contributed by atoms with Gasteiger partial charge in [0.25, 0.3) is 5.91 Å². The summed E-state index contributed by atoms with van der Waals surface area (Å²) in [6.07, 6.45) is 2.51. The van der Waals surface area contributed by atoms with Crippen LogP contribution < -0.4 is 10.6 Å². The number of rotatable bonds is 7. The van der Waals surface area contributed by atoms with Gasteiger partial charge in [-0.15, -0.1) is 0 Å². The summed E-state index contributed by atoms with van der Waals surface area (Å²) in [6, 6.07) is 16.6. The number of hydrogen-bond donors (Lipinski definition) is 2. The third kappa shape index (κ3) is 5.07. The Morgan fingerprint density at radius 1 is 1.04 bits per heavy atom. The predicted molar refractivity (Wildman–Crippen MR) is 98.5 cm³/mol. The number of benzene rings is 2. The molecule has 1 atom stereocenters. The minimum absolute atomic E-state index is 0.0228. The largest absolute Gasteiger partial charge is 0.352 e. The Labute approximate surface area is 152 Å². The van der Waals surface area contributed by atoms with Crippen LogP contribution in [0.5, 0.6) is 0 Å². The molecule has 2 amide bonds. The SMILES string of the molecule is O=C(CCNC(=O)c1ccccc1)NC(c1ccc(Cl)cc1)C1CC1. The Bertz CT molecular complexity index is 727. The van der Waals surface area contributed by atoms with Crippen molar-refractivity contribution < 1.29 is 9.59 Å². The van der Waals surface area contributed by atoms with Crippen molar-refractivity contribution in [3.63, 3.8) is 0 Å². The van der Waals surface area contributed by atoms with Crippen LogP contribution in [0.1, 0.15) is 41.2 Å². The molecule has 0 spiro atoms.